The van der Waals surface area contributed by atoms with Crippen LogP contribution >= 0.6 is 0 Å². The summed E-state index contributed by atoms with van der Waals surface area (Å²) in [6.07, 6.45) is 1.46. The van der Waals surface area contributed by atoms with E-state index in [4.69, 9.17) is 5.21 Å². The Labute approximate surface area is 98.8 Å². The minimum absolute atomic E-state index is 0.00532. The molecule has 16 heavy (non-hydrogen) atoms. The van der Waals surface area contributed by atoms with E-state index in [1.54, 1.807) is 13.8 Å². The third-order valence-corrected chi connectivity index (χ3v) is 3.40. The Kier molecular flexibility index (Phi) is 6.83. The first-order chi connectivity index (χ1) is 7.49. The van der Waals surface area contributed by atoms with Gasteiger partial charge in [0.05, 0.1) is 0 Å². The molecule has 1 amide bonds. The van der Waals surface area contributed by atoms with E-state index >= 15 is 0 Å². The van der Waals surface area contributed by atoms with E-state index in [0.717, 1.165) is 0 Å². The molecule has 0 aliphatic rings. The maximum atomic E-state index is 11.7. The fraction of sp³-hybridized carbons (Fsp3) is 0.600. The summed E-state index contributed by atoms with van der Waals surface area (Å²) >= 11 is -1.51. The molecule has 0 saturated carbocycles. The first kappa shape index (κ1) is 15.0. The molecule has 0 bridgehead atoms. The summed E-state index contributed by atoms with van der Waals surface area (Å²) in [7, 11) is 1.49. The molecule has 2 unspecified atom stereocenters. The number of rotatable bonds is 5. The summed E-state index contributed by atoms with van der Waals surface area (Å²) in [4.78, 5) is 11.6. The van der Waals surface area contributed by atoms with E-state index < -0.39 is 17.1 Å². The molecule has 0 aliphatic carbocycles. The van der Waals surface area contributed by atoms with Gasteiger partial charge in [0.15, 0.2) is 0 Å². The molecule has 0 saturated heterocycles. The summed E-state index contributed by atoms with van der Waals surface area (Å²) in [6, 6.07) is 0. The number of oxime groups is 1. The number of nitrogens with one attached hydrogen (secondary N) is 1. The van der Waals surface area contributed by atoms with E-state index in [-0.39, 0.29) is 22.6 Å². The largest absolute Gasteiger partial charge is 0.610 e. The van der Waals surface area contributed by atoms with Crippen molar-refractivity contribution in [2.45, 2.75) is 13.8 Å². The van der Waals surface area contributed by atoms with Crippen LogP contribution in [0, 0.1) is 11.8 Å². The first-order valence-corrected chi connectivity index (χ1v) is 6.24. The van der Waals surface area contributed by atoms with Crippen LogP contribution in [0.3, 0.4) is 0 Å². The SMILES string of the molecule is C=CC[S+]([O-])C(=NO)C(C(=O)NC)C(C)C. The molecule has 0 fully saturated rings. The molecule has 5 nitrogen and oxygen atoms in total. The molecule has 0 heterocycles. The van der Waals surface area contributed by atoms with Gasteiger partial charge in [-0.05, 0) is 17.1 Å². The number of nitrogens with zero attached hydrogens (tertiary/aromatic N) is 1. The highest BCUT2D eigenvalue weighted by atomic mass is 32.2. The molecule has 2 atom stereocenters. The summed E-state index contributed by atoms with van der Waals surface area (Å²) < 4.78 is 11.7. The quantitative estimate of drug-likeness (QED) is 0.187. The van der Waals surface area contributed by atoms with Crippen molar-refractivity contribution in [3.63, 3.8) is 0 Å². The molecule has 6 heteroatoms. The Morgan fingerprint density at radius 3 is 2.56 bits per heavy atom. The fourth-order valence-corrected chi connectivity index (χ4v) is 2.44. The lowest BCUT2D eigenvalue weighted by Gasteiger charge is -2.20. The number of hydrogen-bond donors (Lipinski definition) is 2. The number of amides is 1. The Balaban J connectivity index is 5.01. The monoisotopic (exact) mass is 246 g/mol. The van der Waals surface area contributed by atoms with Gasteiger partial charge >= 0.3 is 0 Å². The highest BCUT2D eigenvalue weighted by molar-refractivity contribution is 8.06. The summed E-state index contributed by atoms with van der Waals surface area (Å²) in [5, 5.41) is 14.3. The zero-order valence-electron chi connectivity index (χ0n) is 9.77. The molecule has 0 aromatic heterocycles. The summed E-state index contributed by atoms with van der Waals surface area (Å²) in [5.74, 6) is -0.921. The number of carbonyl (C=O) groups is 1. The molecule has 2 N–H and O–H groups in total. The first-order valence-electron chi connectivity index (χ1n) is 4.92. The predicted octanol–water partition coefficient (Wildman–Crippen LogP) is 0.727. The minimum Gasteiger partial charge on any atom is -0.610 e. The van der Waals surface area contributed by atoms with Crippen LogP contribution in [0.4, 0.5) is 0 Å². The zero-order valence-corrected chi connectivity index (χ0v) is 10.6. The minimum atomic E-state index is -1.51. The van der Waals surface area contributed by atoms with Crippen LogP contribution < -0.4 is 5.32 Å². The van der Waals surface area contributed by atoms with Gasteiger partial charge < -0.3 is 15.1 Å². The summed E-state index contributed by atoms with van der Waals surface area (Å²) in [5.41, 5.74) is 0. The third-order valence-electron chi connectivity index (χ3n) is 2.06. The van der Waals surface area contributed by atoms with Crippen LogP contribution in [-0.2, 0) is 16.0 Å². The Hall–Kier alpha value is -1.01. The van der Waals surface area contributed by atoms with Crippen LogP contribution in [0.5, 0.6) is 0 Å². The molecular formula is C10H18N2O3S. The lowest BCUT2D eigenvalue weighted by Crippen LogP contribution is -2.40. The van der Waals surface area contributed by atoms with Gasteiger partial charge in [0, 0.05) is 18.2 Å². The second kappa shape index (κ2) is 7.29. The highest BCUT2D eigenvalue weighted by Gasteiger charge is 2.35. The van der Waals surface area contributed by atoms with E-state index in [9.17, 15) is 9.35 Å². The van der Waals surface area contributed by atoms with Gasteiger partial charge in [-0.25, -0.2) is 0 Å². The molecular weight excluding hydrogens is 228 g/mol. The van der Waals surface area contributed by atoms with E-state index in [0.29, 0.717) is 0 Å². The second-order valence-electron chi connectivity index (χ2n) is 3.58. The average molecular weight is 246 g/mol. The van der Waals surface area contributed by atoms with Gasteiger partial charge in [0.2, 0.25) is 5.91 Å². The van der Waals surface area contributed by atoms with Gasteiger partial charge in [-0.3, -0.25) is 4.79 Å². The van der Waals surface area contributed by atoms with Crippen LogP contribution in [-0.4, -0.2) is 33.5 Å². The van der Waals surface area contributed by atoms with Gasteiger partial charge in [0.25, 0.3) is 5.04 Å². The van der Waals surface area contributed by atoms with Crippen molar-refractivity contribution in [3.05, 3.63) is 12.7 Å². The molecule has 92 valence electrons. The van der Waals surface area contributed by atoms with Crippen LogP contribution in [0.15, 0.2) is 17.8 Å². The Morgan fingerprint density at radius 1 is 1.69 bits per heavy atom. The van der Waals surface area contributed by atoms with Gasteiger partial charge in [-0.1, -0.05) is 20.4 Å². The predicted molar refractivity (Wildman–Crippen MR) is 64.8 cm³/mol. The van der Waals surface area contributed by atoms with Crippen molar-refractivity contribution in [2.24, 2.45) is 17.0 Å². The normalized spacial score (nSPS) is 15.7. The average Bonchev–Trinajstić information content (AvgIpc) is 2.24. The zero-order chi connectivity index (χ0) is 12.7. The third kappa shape index (κ3) is 3.86. The van der Waals surface area contributed by atoms with Gasteiger partial charge in [-0.2, -0.15) is 0 Å². The maximum absolute atomic E-state index is 11.7. The topological polar surface area (TPSA) is 84.8 Å². The van der Waals surface area contributed by atoms with Crippen molar-refractivity contribution in [1.82, 2.24) is 5.32 Å². The molecule has 0 aliphatic heterocycles. The van der Waals surface area contributed by atoms with Gasteiger partial charge in [-0.15, -0.1) is 0 Å². The standard InChI is InChI=1S/C10H18N2O3S/c1-5-6-16(15)10(12-14)8(7(2)3)9(13)11-4/h5,7-8,14H,1,6H2,2-4H3,(H,11,13). The van der Waals surface area contributed by atoms with E-state index in [1.165, 1.54) is 13.1 Å². The molecule has 0 spiro atoms. The lowest BCUT2D eigenvalue weighted by atomic mass is 9.96. The van der Waals surface area contributed by atoms with Crippen molar-refractivity contribution >= 4 is 22.1 Å². The van der Waals surface area contributed by atoms with Crippen molar-refractivity contribution in [1.29, 1.82) is 0 Å². The fourth-order valence-electron chi connectivity index (χ4n) is 1.30. The smallest absolute Gasteiger partial charge is 0.267 e. The number of hydrogen-bond acceptors (Lipinski definition) is 4. The second-order valence-corrected chi connectivity index (χ2v) is 5.02. The Bertz CT molecular complexity index is 279. The van der Waals surface area contributed by atoms with Crippen molar-refractivity contribution < 1.29 is 14.6 Å². The highest BCUT2D eigenvalue weighted by Crippen LogP contribution is 2.17. The molecule has 0 aromatic rings. The van der Waals surface area contributed by atoms with E-state index in [1.807, 2.05) is 0 Å². The van der Waals surface area contributed by atoms with Crippen molar-refractivity contribution in [3.8, 4) is 0 Å². The van der Waals surface area contributed by atoms with Crippen LogP contribution in [0.2, 0.25) is 0 Å². The van der Waals surface area contributed by atoms with Crippen molar-refractivity contribution in [2.75, 3.05) is 12.8 Å². The van der Waals surface area contributed by atoms with Crippen LogP contribution in [0.1, 0.15) is 13.8 Å². The van der Waals surface area contributed by atoms with E-state index in [2.05, 4.69) is 17.1 Å². The molecule has 0 rings (SSSR count). The lowest BCUT2D eigenvalue weighted by molar-refractivity contribution is -0.123. The summed E-state index contributed by atoms with van der Waals surface area (Å²) in [6.45, 7) is 7.06. The van der Waals surface area contributed by atoms with Crippen LogP contribution in [0.25, 0.3) is 0 Å². The molecule has 0 radical (unpaired) electrons. The Morgan fingerprint density at radius 2 is 2.25 bits per heavy atom. The number of carbonyl (C=O) groups excluding carboxylic acids is 1. The molecule has 0 aromatic carbocycles. The maximum Gasteiger partial charge on any atom is 0.267 e. The van der Waals surface area contributed by atoms with Gasteiger partial charge in [0.1, 0.15) is 11.7 Å².